The van der Waals surface area contributed by atoms with Gasteiger partial charge in [-0.3, -0.25) is 14.5 Å². The van der Waals surface area contributed by atoms with Crippen molar-refractivity contribution in [2.24, 2.45) is 5.73 Å². The van der Waals surface area contributed by atoms with Gasteiger partial charge in [-0.2, -0.15) is 0 Å². The van der Waals surface area contributed by atoms with Gasteiger partial charge >= 0.3 is 5.97 Å². The van der Waals surface area contributed by atoms with Crippen LogP contribution in [-0.2, 0) is 9.53 Å². The summed E-state index contributed by atoms with van der Waals surface area (Å²) >= 11 is 0. The van der Waals surface area contributed by atoms with Gasteiger partial charge < -0.3 is 15.4 Å². The third-order valence-corrected chi connectivity index (χ3v) is 5.51. The number of carbonyl (C=O) groups is 3. The van der Waals surface area contributed by atoms with Gasteiger partial charge in [-0.25, -0.2) is 4.79 Å². The predicted octanol–water partition coefficient (Wildman–Crippen LogP) is 1.43. The summed E-state index contributed by atoms with van der Waals surface area (Å²) < 4.78 is 5.00. The number of carbonyl (C=O) groups excluding carboxylic acids is 3. The first-order valence-electron chi connectivity index (χ1n) is 9.75. The summed E-state index contributed by atoms with van der Waals surface area (Å²) in [6.07, 6.45) is -0.795. The Morgan fingerprint density at radius 3 is 2.24 bits per heavy atom. The number of anilines is 1. The lowest BCUT2D eigenvalue weighted by Gasteiger charge is -2.39. The molecular formula is C22H23N3O4. The summed E-state index contributed by atoms with van der Waals surface area (Å²) in [5.74, 6) is -0.688. The van der Waals surface area contributed by atoms with Crippen LogP contribution in [0.4, 0.5) is 5.69 Å². The molecule has 1 unspecified atom stereocenters. The third kappa shape index (κ3) is 3.32. The Morgan fingerprint density at radius 1 is 0.966 bits per heavy atom. The Hall–Kier alpha value is -3.03. The summed E-state index contributed by atoms with van der Waals surface area (Å²) in [5.41, 5.74) is 8.55. The average molecular weight is 393 g/mol. The molecule has 7 nitrogen and oxygen atoms in total. The van der Waals surface area contributed by atoms with E-state index in [1.54, 1.807) is 37.3 Å². The number of esters is 1. The van der Waals surface area contributed by atoms with E-state index in [-0.39, 0.29) is 11.6 Å². The Kier molecular flexibility index (Phi) is 5.17. The predicted molar refractivity (Wildman–Crippen MR) is 108 cm³/mol. The highest BCUT2D eigenvalue weighted by Gasteiger charge is 2.34. The van der Waals surface area contributed by atoms with Gasteiger partial charge in [-0.15, -0.1) is 0 Å². The van der Waals surface area contributed by atoms with Crippen molar-refractivity contribution in [2.45, 2.75) is 13.1 Å². The maximum atomic E-state index is 13.2. The van der Waals surface area contributed by atoms with E-state index in [4.69, 9.17) is 10.5 Å². The van der Waals surface area contributed by atoms with Crippen molar-refractivity contribution in [3.8, 4) is 0 Å². The second-order valence-corrected chi connectivity index (χ2v) is 7.12. The maximum absolute atomic E-state index is 13.2. The molecular weight excluding hydrogens is 370 g/mol. The fraction of sp³-hybridized carbons (Fsp3) is 0.318. The fourth-order valence-electron chi connectivity index (χ4n) is 4.01. The largest absolute Gasteiger partial charge is 0.464 e. The van der Waals surface area contributed by atoms with Gasteiger partial charge in [0.05, 0.1) is 12.2 Å². The minimum Gasteiger partial charge on any atom is -0.464 e. The zero-order valence-corrected chi connectivity index (χ0v) is 16.3. The molecule has 1 atom stereocenters. The van der Waals surface area contributed by atoms with Crippen LogP contribution in [-0.4, -0.2) is 61.4 Å². The lowest BCUT2D eigenvalue weighted by atomic mass is 9.83. The number of fused-ring (bicyclic) bond motifs is 2. The van der Waals surface area contributed by atoms with Gasteiger partial charge in [0.15, 0.2) is 17.7 Å². The molecule has 7 heteroatoms. The van der Waals surface area contributed by atoms with E-state index in [1.165, 1.54) is 0 Å². The number of hydrogen-bond acceptors (Lipinski definition) is 7. The van der Waals surface area contributed by atoms with Crippen molar-refractivity contribution >= 4 is 23.2 Å². The van der Waals surface area contributed by atoms with E-state index in [1.807, 2.05) is 17.0 Å². The molecule has 1 heterocycles. The van der Waals surface area contributed by atoms with E-state index in [2.05, 4.69) is 4.90 Å². The van der Waals surface area contributed by atoms with E-state index in [0.717, 1.165) is 5.69 Å². The van der Waals surface area contributed by atoms with Gasteiger partial charge in [0.25, 0.3) is 0 Å². The summed E-state index contributed by atoms with van der Waals surface area (Å²) in [7, 11) is 0. The van der Waals surface area contributed by atoms with Crippen LogP contribution in [0, 0.1) is 0 Å². The number of benzene rings is 2. The average Bonchev–Trinajstić information content (AvgIpc) is 2.76. The number of rotatable bonds is 4. The molecule has 150 valence electrons. The van der Waals surface area contributed by atoms with Crippen LogP contribution in [0.1, 0.15) is 38.8 Å². The summed E-state index contributed by atoms with van der Waals surface area (Å²) in [4.78, 5) is 41.9. The minimum atomic E-state index is -0.795. The Bertz CT molecular complexity index is 980. The first-order chi connectivity index (χ1) is 14.0. The van der Waals surface area contributed by atoms with E-state index < -0.39 is 12.1 Å². The van der Waals surface area contributed by atoms with Gasteiger partial charge in [-0.05, 0) is 13.0 Å². The van der Waals surface area contributed by atoms with E-state index in [9.17, 15) is 14.4 Å². The summed E-state index contributed by atoms with van der Waals surface area (Å²) in [5, 5.41) is 0. The quantitative estimate of drug-likeness (QED) is 0.670. The molecule has 0 spiro atoms. The summed E-state index contributed by atoms with van der Waals surface area (Å²) in [6, 6.07) is 12.3. The van der Waals surface area contributed by atoms with Gasteiger partial charge in [0, 0.05) is 48.6 Å². The number of ether oxygens (including phenoxy) is 1. The van der Waals surface area contributed by atoms with Crippen LogP contribution in [0.15, 0.2) is 42.5 Å². The minimum absolute atomic E-state index is 0.125. The number of nitrogens with zero attached hydrogens (tertiary/aromatic N) is 2. The Balaban J connectivity index is 1.59. The first-order valence-corrected chi connectivity index (χ1v) is 9.75. The highest BCUT2D eigenvalue weighted by atomic mass is 16.5. The van der Waals surface area contributed by atoms with Crippen molar-refractivity contribution in [1.29, 1.82) is 0 Å². The normalized spacial score (nSPS) is 17.5. The molecule has 4 rings (SSSR count). The molecule has 2 aliphatic rings. The highest BCUT2D eigenvalue weighted by molar-refractivity contribution is 6.30. The second kappa shape index (κ2) is 7.77. The van der Waals surface area contributed by atoms with Crippen LogP contribution in [0.25, 0.3) is 0 Å². The fourth-order valence-corrected chi connectivity index (χ4v) is 4.01. The highest BCUT2D eigenvalue weighted by Crippen LogP contribution is 2.34. The SMILES string of the molecule is CCOC(=O)C(N)N1CCN(c2cccc3c2C(=O)c2ccccc2C3=O)CC1. The topological polar surface area (TPSA) is 92.9 Å². The number of hydrogen-bond donors (Lipinski definition) is 1. The van der Waals surface area contributed by atoms with Crippen molar-refractivity contribution in [2.75, 3.05) is 37.7 Å². The standard InChI is InChI=1S/C22H23N3O4/c1-2-29-22(28)21(23)25-12-10-24(11-13-25)17-9-5-8-16-18(17)20(27)15-7-4-3-6-14(15)19(16)26/h3-9,21H,2,10-13,23H2,1H3. The number of piperazine rings is 1. The van der Waals surface area contributed by atoms with Gasteiger partial charge in [0.1, 0.15) is 0 Å². The molecule has 0 saturated carbocycles. The van der Waals surface area contributed by atoms with E-state index >= 15 is 0 Å². The smallest absolute Gasteiger partial charge is 0.338 e. The van der Waals surface area contributed by atoms with Crippen LogP contribution >= 0.6 is 0 Å². The molecule has 0 amide bonds. The number of ketones is 2. The Morgan fingerprint density at radius 2 is 1.59 bits per heavy atom. The monoisotopic (exact) mass is 393 g/mol. The van der Waals surface area contributed by atoms with Crippen LogP contribution in [0.3, 0.4) is 0 Å². The van der Waals surface area contributed by atoms with E-state index in [0.29, 0.717) is 55.0 Å². The van der Waals surface area contributed by atoms with Crippen molar-refractivity contribution in [1.82, 2.24) is 4.90 Å². The molecule has 29 heavy (non-hydrogen) atoms. The van der Waals surface area contributed by atoms with Gasteiger partial charge in [-0.1, -0.05) is 36.4 Å². The van der Waals surface area contributed by atoms with Crippen LogP contribution in [0.5, 0.6) is 0 Å². The maximum Gasteiger partial charge on any atom is 0.338 e. The molecule has 2 aromatic carbocycles. The molecule has 0 bridgehead atoms. The zero-order chi connectivity index (χ0) is 20.5. The zero-order valence-electron chi connectivity index (χ0n) is 16.3. The van der Waals surface area contributed by atoms with Crippen molar-refractivity contribution in [3.05, 3.63) is 64.7 Å². The summed E-state index contributed by atoms with van der Waals surface area (Å²) in [6.45, 7) is 4.34. The van der Waals surface area contributed by atoms with Crippen LogP contribution in [0.2, 0.25) is 0 Å². The molecule has 2 aromatic rings. The first kappa shape index (κ1) is 19.3. The lowest BCUT2D eigenvalue weighted by Crippen LogP contribution is -2.56. The van der Waals surface area contributed by atoms with Crippen molar-refractivity contribution in [3.63, 3.8) is 0 Å². The molecule has 1 saturated heterocycles. The van der Waals surface area contributed by atoms with Gasteiger partial charge in [0.2, 0.25) is 0 Å². The second-order valence-electron chi connectivity index (χ2n) is 7.12. The molecule has 1 fully saturated rings. The van der Waals surface area contributed by atoms with Crippen molar-refractivity contribution < 1.29 is 19.1 Å². The lowest BCUT2D eigenvalue weighted by molar-refractivity contribution is -0.149. The Labute approximate surface area is 169 Å². The molecule has 2 N–H and O–H groups in total. The molecule has 0 radical (unpaired) electrons. The molecule has 0 aromatic heterocycles. The van der Waals surface area contributed by atoms with Crippen LogP contribution < -0.4 is 10.6 Å². The third-order valence-electron chi connectivity index (χ3n) is 5.51. The number of nitrogens with two attached hydrogens (primary N) is 1. The molecule has 1 aliphatic carbocycles. The molecule has 1 aliphatic heterocycles.